The van der Waals surface area contributed by atoms with Gasteiger partial charge in [-0.25, -0.2) is 0 Å². The maximum Gasteiger partial charge on any atom is 0.0792 e. The Kier molecular flexibility index (Phi) is 2.43. The van der Waals surface area contributed by atoms with Gasteiger partial charge in [0.15, 0.2) is 0 Å². The highest BCUT2D eigenvalue weighted by Crippen LogP contribution is 2.44. The van der Waals surface area contributed by atoms with E-state index in [0.717, 1.165) is 0 Å². The Hall–Kier alpha value is -1.31. The van der Waals surface area contributed by atoms with Crippen LogP contribution in [0.25, 0.3) is 11.1 Å². The van der Waals surface area contributed by atoms with E-state index in [9.17, 15) is 0 Å². The van der Waals surface area contributed by atoms with Gasteiger partial charge in [-0.1, -0.05) is 48.5 Å². The summed E-state index contributed by atoms with van der Waals surface area (Å²) < 4.78 is 4.81. The SMILES string of the molecule is ClOCC1c2ccccc2-c2ccccc21. The predicted octanol–water partition coefficient (Wildman–Crippen LogP) is 3.97. The highest BCUT2D eigenvalue weighted by Gasteiger charge is 2.27. The molecule has 3 rings (SSSR count). The summed E-state index contributed by atoms with van der Waals surface area (Å²) in [5.41, 5.74) is 5.22. The van der Waals surface area contributed by atoms with Gasteiger partial charge in [0.25, 0.3) is 0 Å². The third-order valence-electron chi connectivity index (χ3n) is 3.19. The molecule has 0 atom stereocenters. The minimum atomic E-state index is 0.268. The van der Waals surface area contributed by atoms with Crippen molar-refractivity contribution in [1.82, 2.24) is 0 Å². The van der Waals surface area contributed by atoms with Crippen LogP contribution < -0.4 is 0 Å². The van der Waals surface area contributed by atoms with E-state index >= 15 is 0 Å². The average molecular weight is 231 g/mol. The molecule has 0 fully saturated rings. The van der Waals surface area contributed by atoms with Crippen LogP contribution in [0.1, 0.15) is 17.0 Å². The molecule has 1 aliphatic rings. The second-order valence-electron chi connectivity index (χ2n) is 4.00. The zero-order valence-electron chi connectivity index (χ0n) is 8.69. The van der Waals surface area contributed by atoms with Gasteiger partial charge in [0.2, 0.25) is 0 Å². The second kappa shape index (κ2) is 3.93. The van der Waals surface area contributed by atoms with E-state index in [0.29, 0.717) is 6.61 Å². The molecule has 1 aliphatic carbocycles. The Morgan fingerprint density at radius 3 is 1.88 bits per heavy atom. The Labute approximate surface area is 99.8 Å². The standard InChI is InChI=1S/C14H11ClO/c15-16-9-14-12-7-3-1-5-10(12)11-6-2-4-8-13(11)14/h1-8,14H,9H2. The van der Waals surface area contributed by atoms with Gasteiger partial charge in [-0.3, -0.25) is 4.29 Å². The molecule has 0 amide bonds. The Bertz CT molecular complexity index is 476. The van der Waals surface area contributed by atoms with E-state index in [4.69, 9.17) is 16.2 Å². The van der Waals surface area contributed by atoms with E-state index in [1.54, 1.807) is 0 Å². The molecule has 2 heteroatoms. The van der Waals surface area contributed by atoms with Crippen LogP contribution >= 0.6 is 11.9 Å². The predicted molar refractivity (Wildman–Crippen MR) is 65.5 cm³/mol. The van der Waals surface area contributed by atoms with Crippen LogP contribution in [0.15, 0.2) is 48.5 Å². The summed E-state index contributed by atoms with van der Waals surface area (Å²) >= 11 is 5.41. The summed E-state index contributed by atoms with van der Waals surface area (Å²) in [6, 6.07) is 16.9. The summed E-state index contributed by atoms with van der Waals surface area (Å²) in [6.45, 7) is 0.523. The lowest BCUT2D eigenvalue weighted by molar-refractivity contribution is 0.337. The highest BCUT2D eigenvalue weighted by molar-refractivity contribution is 6.07. The zero-order valence-corrected chi connectivity index (χ0v) is 9.45. The van der Waals surface area contributed by atoms with Gasteiger partial charge in [0.05, 0.1) is 18.5 Å². The van der Waals surface area contributed by atoms with Crippen LogP contribution in [0.4, 0.5) is 0 Å². The molecule has 0 N–H and O–H groups in total. The lowest BCUT2D eigenvalue weighted by atomic mass is 9.98. The van der Waals surface area contributed by atoms with Gasteiger partial charge in [-0.05, 0) is 22.3 Å². The molecule has 0 aromatic heterocycles. The maximum atomic E-state index is 5.41. The Balaban J connectivity index is 2.21. The fourth-order valence-electron chi connectivity index (χ4n) is 2.50. The summed E-state index contributed by atoms with van der Waals surface area (Å²) in [4.78, 5) is 0. The molecular formula is C14H11ClO. The number of fused-ring (bicyclic) bond motifs is 3. The van der Waals surface area contributed by atoms with Crippen molar-refractivity contribution < 1.29 is 4.29 Å². The summed E-state index contributed by atoms with van der Waals surface area (Å²) in [5, 5.41) is 0. The van der Waals surface area contributed by atoms with Gasteiger partial charge in [-0.2, -0.15) is 0 Å². The lowest BCUT2D eigenvalue weighted by Gasteiger charge is -2.10. The van der Waals surface area contributed by atoms with Gasteiger partial charge in [-0.15, -0.1) is 0 Å². The van der Waals surface area contributed by atoms with Gasteiger partial charge >= 0.3 is 0 Å². The van der Waals surface area contributed by atoms with Crippen LogP contribution in [0, 0.1) is 0 Å². The minimum absolute atomic E-state index is 0.268. The summed E-state index contributed by atoms with van der Waals surface area (Å²) in [5.74, 6) is 0.268. The minimum Gasteiger partial charge on any atom is -0.278 e. The third kappa shape index (κ3) is 1.36. The molecule has 0 aliphatic heterocycles. The first-order chi connectivity index (χ1) is 7.92. The molecule has 1 nitrogen and oxygen atoms in total. The van der Waals surface area contributed by atoms with Gasteiger partial charge in [0.1, 0.15) is 0 Å². The van der Waals surface area contributed by atoms with Crippen LogP contribution in [-0.2, 0) is 4.29 Å². The molecule has 2 aromatic carbocycles. The third-order valence-corrected chi connectivity index (χ3v) is 3.32. The molecule has 0 saturated heterocycles. The molecule has 0 unspecified atom stereocenters. The van der Waals surface area contributed by atoms with E-state index in [-0.39, 0.29) is 5.92 Å². The first kappa shape index (κ1) is 9.88. The summed E-state index contributed by atoms with van der Waals surface area (Å²) in [6.07, 6.45) is 0. The van der Waals surface area contributed by atoms with E-state index in [1.807, 2.05) is 0 Å². The van der Waals surface area contributed by atoms with Crippen LogP contribution in [0.2, 0.25) is 0 Å². The normalized spacial score (nSPS) is 13.6. The first-order valence-corrected chi connectivity index (χ1v) is 5.64. The van der Waals surface area contributed by atoms with Crippen molar-refractivity contribution >= 4 is 11.9 Å². The lowest BCUT2D eigenvalue weighted by Crippen LogP contribution is -2.02. The van der Waals surface area contributed by atoms with Crippen molar-refractivity contribution in [1.29, 1.82) is 0 Å². The topological polar surface area (TPSA) is 9.23 Å². The molecule has 0 saturated carbocycles. The fourth-order valence-corrected chi connectivity index (χ4v) is 2.63. The van der Waals surface area contributed by atoms with Crippen molar-refractivity contribution in [2.24, 2.45) is 0 Å². The van der Waals surface area contributed by atoms with Crippen molar-refractivity contribution in [3.05, 3.63) is 59.7 Å². The van der Waals surface area contributed by atoms with Crippen molar-refractivity contribution in [3.8, 4) is 11.1 Å². The van der Waals surface area contributed by atoms with Crippen molar-refractivity contribution in [2.45, 2.75) is 5.92 Å². The zero-order chi connectivity index (χ0) is 11.0. The molecule has 0 bridgehead atoms. The average Bonchev–Trinajstić information content (AvgIpc) is 2.66. The van der Waals surface area contributed by atoms with Gasteiger partial charge < -0.3 is 0 Å². The fraction of sp³-hybridized carbons (Fsp3) is 0.143. The van der Waals surface area contributed by atoms with E-state index < -0.39 is 0 Å². The summed E-state index contributed by atoms with van der Waals surface area (Å²) in [7, 11) is 0. The molecule has 80 valence electrons. The number of benzene rings is 2. The van der Waals surface area contributed by atoms with Crippen LogP contribution in [-0.4, -0.2) is 6.61 Å². The molecule has 16 heavy (non-hydrogen) atoms. The number of rotatable bonds is 2. The number of hydrogen-bond acceptors (Lipinski definition) is 1. The largest absolute Gasteiger partial charge is 0.278 e. The molecule has 0 spiro atoms. The molecule has 2 aromatic rings. The van der Waals surface area contributed by atoms with Crippen LogP contribution in [0.5, 0.6) is 0 Å². The maximum absolute atomic E-state index is 5.41. The van der Waals surface area contributed by atoms with Gasteiger partial charge in [0, 0.05) is 5.92 Å². The molecule has 0 heterocycles. The van der Waals surface area contributed by atoms with Crippen molar-refractivity contribution in [2.75, 3.05) is 6.61 Å². The Morgan fingerprint density at radius 2 is 1.38 bits per heavy atom. The second-order valence-corrected chi connectivity index (χ2v) is 4.22. The van der Waals surface area contributed by atoms with E-state index in [2.05, 4.69) is 48.5 Å². The van der Waals surface area contributed by atoms with Crippen molar-refractivity contribution in [3.63, 3.8) is 0 Å². The number of halogens is 1. The molecule has 0 radical (unpaired) electrons. The quantitative estimate of drug-likeness (QED) is 0.759. The number of hydrogen-bond donors (Lipinski definition) is 0. The Morgan fingerprint density at radius 1 is 0.875 bits per heavy atom. The monoisotopic (exact) mass is 230 g/mol. The van der Waals surface area contributed by atoms with E-state index in [1.165, 1.54) is 22.3 Å². The van der Waals surface area contributed by atoms with Crippen LogP contribution in [0.3, 0.4) is 0 Å². The highest BCUT2D eigenvalue weighted by atomic mass is 35.5. The molecular weight excluding hydrogens is 220 g/mol. The first-order valence-electron chi connectivity index (χ1n) is 5.33. The smallest absolute Gasteiger partial charge is 0.0792 e.